The average molecular weight is 504 g/mol. The molecule has 0 spiro atoms. The van der Waals surface area contributed by atoms with Gasteiger partial charge >= 0.3 is 0 Å². The minimum Gasteiger partial charge on any atom is -0.379 e. The molecular weight excluding hydrogens is 483 g/mol. The van der Waals surface area contributed by atoms with Crippen LogP contribution in [0, 0.1) is 17.5 Å². The lowest BCUT2D eigenvalue weighted by Crippen LogP contribution is -2.41. The van der Waals surface area contributed by atoms with Gasteiger partial charge in [0, 0.05) is 36.3 Å². The number of hydrogen-bond donors (Lipinski definition) is 1. The molecule has 1 N–H and O–H groups in total. The van der Waals surface area contributed by atoms with Crippen LogP contribution in [0.15, 0.2) is 40.4 Å². The number of hydrogen-bond acceptors (Lipinski definition) is 6. The van der Waals surface area contributed by atoms with Crippen molar-refractivity contribution in [2.24, 2.45) is 4.99 Å². The molecule has 0 radical (unpaired) electrons. The van der Waals surface area contributed by atoms with Gasteiger partial charge in [-0.3, -0.25) is 4.68 Å². The third kappa shape index (κ3) is 3.81. The van der Waals surface area contributed by atoms with Gasteiger partial charge in [0.2, 0.25) is 0 Å². The zero-order chi connectivity index (χ0) is 24.3. The van der Waals surface area contributed by atoms with Crippen LogP contribution in [0.3, 0.4) is 0 Å². The van der Waals surface area contributed by atoms with Crippen LogP contribution in [0.5, 0.6) is 0 Å². The van der Waals surface area contributed by atoms with Gasteiger partial charge in [0.05, 0.1) is 24.8 Å². The Bertz CT molecular complexity index is 1500. The molecule has 3 heterocycles. The zero-order valence-corrected chi connectivity index (χ0v) is 19.2. The molecule has 3 aliphatic rings. The maximum Gasteiger partial charge on any atom is 0.260 e. The normalized spacial score (nSPS) is 18.8. The Morgan fingerprint density at radius 2 is 1.77 bits per heavy atom. The number of anilines is 1. The van der Waals surface area contributed by atoms with Gasteiger partial charge < -0.3 is 10.1 Å². The van der Waals surface area contributed by atoms with Crippen molar-refractivity contribution in [2.75, 3.05) is 31.6 Å². The van der Waals surface area contributed by atoms with Crippen LogP contribution in [-0.4, -0.2) is 54.6 Å². The molecule has 0 unspecified atom stereocenters. The maximum atomic E-state index is 13.9. The summed E-state index contributed by atoms with van der Waals surface area (Å²) < 4.78 is 76.8. The highest BCUT2D eigenvalue weighted by atomic mass is 32.2. The van der Waals surface area contributed by atoms with E-state index in [1.165, 1.54) is 10.4 Å². The van der Waals surface area contributed by atoms with Crippen molar-refractivity contribution in [1.82, 2.24) is 14.1 Å². The number of amidine groups is 1. The van der Waals surface area contributed by atoms with E-state index in [4.69, 9.17) is 9.84 Å². The van der Waals surface area contributed by atoms with Gasteiger partial charge in [0.25, 0.3) is 10.0 Å². The first-order chi connectivity index (χ1) is 16.8. The highest BCUT2D eigenvalue weighted by Crippen LogP contribution is 2.40. The Morgan fingerprint density at radius 1 is 1.06 bits per heavy atom. The maximum absolute atomic E-state index is 13.9. The lowest BCUT2D eigenvalue weighted by atomic mass is 10.1. The molecule has 0 bridgehead atoms. The van der Waals surface area contributed by atoms with Crippen molar-refractivity contribution in [3.05, 3.63) is 64.1 Å². The van der Waals surface area contributed by atoms with Crippen molar-refractivity contribution < 1.29 is 26.3 Å². The molecule has 12 heteroatoms. The quantitative estimate of drug-likeness (QED) is 0.550. The number of sulfonamides is 1. The molecule has 3 aromatic rings. The molecule has 1 aliphatic carbocycles. The monoisotopic (exact) mass is 503 g/mol. The Hall–Kier alpha value is -3.22. The highest BCUT2D eigenvalue weighted by molar-refractivity contribution is 7.93. The molecule has 1 saturated heterocycles. The van der Waals surface area contributed by atoms with Crippen LogP contribution in [0.4, 0.5) is 18.9 Å². The fraction of sp³-hybridized carbons (Fsp3) is 0.304. The van der Waals surface area contributed by atoms with E-state index in [1.807, 2.05) is 16.8 Å². The standard InChI is InChI=1S/C23H20F3N5O3S/c24-16-11-14(12-17(25)21(16)26)27-23-22-20-13(2-1-3-18(20)31(29-22)15-4-5-15)10-19(28-23)35(32,33)30-6-8-34-9-7-30/h1-3,10-12,15H,4-9H2,(H,27,28). The van der Waals surface area contributed by atoms with E-state index in [9.17, 15) is 21.6 Å². The second kappa shape index (κ2) is 8.18. The van der Waals surface area contributed by atoms with Gasteiger partial charge in [0.15, 0.2) is 28.3 Å². The Labute approximate surface area is 198 Å². The summed E-state index contributed by atoms with van der Waals surface area (Å²) in [5.74, 6) is -4.37. The zero-order valence-electron chi connectivity index (χ0n) is 18.3. The van der Waals surface area contributed by atoms with E-state index in [0.717, 1.165) is 30.5 Å². The van der Waals surface area contributed by atoms with E-state index < -0.39 is 27.5 Å². The lowest BCUT2D eigenvalue weighted by molar-refractivity contribution is 0.0734. The summed E-state index contributed by atoms with van der Waals surface area (Å²) in [4.78, 5) is 4.41. The van der Waals surface area contributed by atoms with E-state index in [2.05, 4.69) is 10.3 Å². The largest absolute Gasteiger partial charge is 0.379 e. The van der Waals surface area contributed by atoms with Gasteiger partial charge in [-0.25, -0.2) is 26.6 Å². The highest BCUT2D eigenvalue weighted by Gasteiger charge is 2.34. The van der Waals surface area contributed by atoms with Crippen LogP contribution in [0.1, 0.15) is 30.1 Å². The second-order valence-corrected chi connectivity index (χ2v) is 10.5. The number of nitrogens with one attached hydrogen (secondary N) is 1. The molecule has 2 aliphatic heterocycles. The first-order valence-corrected chi connectivity index (χ1v) is 12.6. The predicted molar refractivity (Wildman–Crippen MR) is 124 cm³/mol. The van der Waals surface area contributed by atoms with Gasteiger partial charge in [-0.2, -0.15) is 9.40 Å². The third-order valence-corrected chi connectivity index (χ3v) is 7.99. The second-order valence-electron chi connectivity index (χ2n) is 8.60. The fourth-order valence-corrected chi connectivity index (χ4v) is 5.71. The number of aromatic nitrogens is 2. The molecular formula is C23H20F3N5O3S. The number of rotatable bonds is 4. The van der Waals surface area contributed by atoms with Crippen LogP contribution < -0.4 is 5.32 Å². The van der Waals surface area contributed by atoms with E-state index in [1.54, 1.807) is 6.07 Å². The smallest absolute Gasteiger partial charge is 0.260 e. The summed E-state index contributed by atoms with van der Waals surface area (Å²) in [5, 5.41) is 7.92. The predicted octanol–water partition coefficient (Wildman–Crippen LogP) is 3.62. The first kappa shape index (κ1) is 22.3. The van der Waals surface area contributed by atoms with Gasteiger partial charge in [-0.05, 0) is 30.5 Å². The summed E-state index contributed by atoms with van der Waals surface area (Å²) in [7, 11) is -4.02. The third-order valence-electron chi connectivity index (χ3n) is 6.20. The van der Waals surface area contributed by atoms with Crippen LogP contribution >= 0.6 is 0 Å². The van der Waals surface area contributed by atoms with E-state index in [-0.39, 0.29) is 48.9 Å². The molecule has 1 aromatic heterocycles. The lowest BCUT2D eigenvalue weighted by Gasteiger charge is -2.26. The molecule has 6 rings (SSSR count). The molecule has 8 nitrogen and oxygen atoms in total. The first-order valence-electron chi connectivity index (χ1n) is 11.1. The van der Waals surface area contributed by atoms with Crippen molar-refractivity contribution in [3.8, 4) is 0 Å². The fourth-order valence-electron chi connectivity index (χ4n) is 4.33. The summed E-state index contributed by atoms with van der Waals surface area (Å²) in [6, 6.07) is 7.26. The number of halogens is 3. The molecule has 0 atom stereocenters. The van der Waals surface area contributed by atoms with Crippen LogP contribution in [-0.2, 0) is 14.8 Å². The minimum absolute atomic E-state index is 0.00663. The van der Waals surface area contributed by atoms with Crippen LogP contribution in [0.2, 0.25) is 0 Å². The topological polar surface area (TPSA) is 88.8 Å². The summed E-state index contributed by atoms with van der Waals surface area (Å²) in [6.45, 7) is 0.879. The summed E-state index contributed by atoms with van der Waals surface area (Å²) in [5.41, 5.74) is 1.62. The molecule has 2 aromatic carbocycles. The Balaban J connectivity index is 1.54. The molecule has 0 amide bonds. The average Bonchev–Trinajstić information content (AvgIpc) is 3.63. The van der Waals surface area contributed by atoms with E-state index >= 15 is 0 Å². The summed E-state index contributed by atoms with van der Waals surface area (Å²) >= 11 is 0. The SMILES string of the molecule is O=S(=O)(C1=Cc2cccc3c2c(nn3C2CC2)C(Nc2cc(F)c(F)c(F)c2)=N1)N1CCOCC1. The van der Waals surface area contributed by atoms with Gasteiger partial charge in [-0.1, -0.05) is 12.1 Å². The number of nitrogens with zero attached hydrogens (tertiary/aromatic N) is 4. The molecule has 182 valence electrons. The van der Waals surface area contributed by atoms with E-state index in [0.29, 0.717) is 16.6 Å². The van der Waals surface area contributed by atoms with Gasteiger partial charge in [-0.15, -0.1) is 0 Å². The molecule has 35 heavy (non-hydrogen) atoms. The number of benzene rings is 2. The summed E-state index contributed by atoms with van der Waals surface area (Å²) in [6.07, 6.45) is 3.40. The van der Waals surface area contributed by atoms with Crippen molar-refractivity contribution in [2.45, 2.75) is 18.9 Å². The van der Waals surface area contributed by atoms with Crippen molar-refractivity contribution in [1.29, 1.82) is 0 Å². The van der Waals surface area contributed by atoms with Crippen molar-refractivity contribution in [3.63, 3.8) is 0 Å². The van der Waals surface area contributed by atoms with Crippen molar-refractivity contribution >= 4 is 38.5 Å². The Kier molecular flexibility index (Phi) is 5.20. The molecule has 2 fully saturated rings. The van der Waals surface area contributed by atoms with Crippen LogP contribution in [0.25, 0.3) is 17.0 Å². The number of ether oxygens (including phenoxy) is 1. The molecule has 1 saturated carbocycles. The van der Waals surface area contributed by atoms with Gasteiger partial charge in [0.1, 0.15) is 5.69 Å². The Morgan fingerprint density at radius 3 is 2.46 bits per heavy atom. The minimum atomic E-state index is -4.02. The number of morpholine rings is 1. The number of aliphatic imine (C=N–C) groups is 1.